The van der Waals surface area contributed by atoms with Crippen LogP contribution in [0.3, 0.4) is 0 Å². The Morgan fingerprint density at radius 1 is 0.971 bits per heavy atom. The van der Waals surface area contributed by atoms with Gasteiger partial charge in [-0.25, -0.2) is 0 Å². The predicted molar refractivity (Wildman–Crippen MR) is 138 cm³/mol. The van der Waals surface area contributed by atoms with Crippen LogP contribution in [0.5, 0.6) is 0 Å². The lowest BCUT2D eigenvalue weighted by Crippen LogP contribution is -2.59. The predicted octanol–water partition coefficient (Wildman–Crippen LogP) is 5.50. The number of likely N-dealkylation sites (tertiary alicyclic amines) is 1. The molecule has 35 heavy (non-hydrogen) atoms. The molecule has 0 bridgehead atoms. The maximum atomic E-state index is 12.7. The molecular formula is C31H35NO3. The van der Waals surface area contributed by atoms with Gasteiger partial charge in [0.15, 0.2) is 0 Å². The monoisotopic (exact) mass is 469 g/mol. The zero-order chi connectivity index (χ0) is 24.6. The van der Waals surface area contributed by atoms with Crippen LogP contribution in [0, 0.1) is 19.8 Å². The highest BCUT2D eigenvalue weighted by Gasteiger charge is 2.65. The first-order valence-electron chi connectivity index (χ1n) is 12.6. The van der Waals surface area contributed by atoms with Gasteiger partial charge >= 0.3 is 5.97 Å². The molecule has 0 radical (unpaired) electrons. The molecule has 4 nitrogen and oxygen atoms in total. The number of aryl methyl sites for hydroxylation is 2. The molecule has 4 unspecified atom stereocenters. The minimum atomic E-state index is -1.08. The van der Waals surface area contributed by atoms with E-state index in [0.717, 1.165) is 29.7 Å². The largest absolute Gasteiger partial charge is 0.457 e. The summed E-state index contributed by atoms with van der Waals surface area (Å²) in [5, 5.41) is 12.6. The minimum absolute atomic E-state index is 0.0166. The van der Waals surface area contributed by atoms with E-state index in [1.807, 2.05) is 18.2 Å². The average molecular weight is 470 g/mol. The molecule has 3 aromatic carbocycles. The molecule has 1 saturated carbocycles. The molecule has 0 amide bonds. The summed E-state index contributed by atoms with van der Waals surface area (Å²) in [4.78, 5) is 15.0. The van der Waals surface area contributed by atoms with E-state index in [4.69, 9.17) is 4.74 Å². The third kappa shape index (κ3) is 4.19. The summed E-state index contributed by atoms with van der Waals surface area (Å²) in [7, 11) is 0. The van der Waals surface area contributed by atoms with Crippen molar-refractivity contribution in [1.82, 2.24) is 4.90 Å². The number of benzene rings is 3. The maximum absolute atomic E-state index is 12.7. The lowest BCUT2D eigenvalue weighted by molar-refractivity contribution is -0.191. The third-order valence-corrected chi connectivity index (χ3v) is 8.18. The highest BCUT2D eigenvalue weighted by Crippen LogP contribution is 2.58. The third-order valence-electron chi connectivity index (χ3n) is 8.18. The number of hydrogen-bond donors (Lipinski definition) is 1. The number of fused-ring (bicyclic) bond motifs is 1. The van der Waals surface area contributed by atoms with Gasteiger partial charge < -0.3 is 9.84 Å². The molecule has 0 aromatic heterocycles. The first-order valence-corrected chi connectivity index (χ1v) is 12.6. The van der Waals surface area contributed by atoms with Crippen molar-refractivity contribution < 1.29 is 14.6 Å². The second-order valence-corrected chi connectivity index (χ2v) is 10.4. The molecule has 1 saturated heterocycles. The van der Waals surface area contributed by atoms with Crippen LogP contribution in [0.2, 0.25) is 0 Å². The van der Waals surface area contributed by atoms with Crippen LogP contribution in [0.15, 0.2) is 78.9 Å². The first-order chi connectivity index (χ1) is 16.8. The zero-order valence-electron chi connectivity index (χ0n) is 20.9. The maximum Gasteiger partial charge on any atom is 0.303 e. The highest BCUT2D eigenvalue weighted by atomic mass is 16.6. The summed E-state index contributed by atoms with van der Waals surface area (Å²) in [6, 6.07) is 27.0. The van der Waals surface area contributed by atoms with Crippen molar-refractivity contribution in [3.05, 3.63) is 107 Å². The van der Waals surface area contributed by atoms with Crippen molar-refractivity contribution >= 4 is 5.97 Å². The van der Waals surface area contributed by atoms with Gasteiger partial charge in [0.1, 0.15) is 5.60 Å². The number of aliphatic hydroxyl groups is 1. The molecule has 4 heteroatoms. The number of hydrogen-bond acceptors (Lipinski definition) is 4. The van der Waals surface area contributed by atoms with E-state index < -0.39 is 11.2 Å². The molecule has 1 N–H and O–H groups in total. The Hall–Kier alpha value is -2.95. The van der Waals surface area contributed by atoms with Gasteiger partial charge in [-0.1, -0.05) is 78.9 Å². The molecular weight excluding hydrogens is 434 g/mol. The fraction of sp³-hybridized carbons (Fsp3) is 0.387. The highest BCUT2D eigenvalue weighted by molar-refractivity contribution is 5.67. The molecule has 5 rings (SSSR count). The van der Waals surface area contributed by atoms with E-state index in [1.54, 1.807) is 0 Å². The number of esters is 1. The van der Waals surface area contributed by atoms with E-state index in [9.17, 15) is 9.90 Å². The van der Waals surface area contributed by atoms with Gasteiger partial charge in [-0.05, 0) is 54.5 Å². The van der Waals surface area contributed by atoms with E-state index in [1.165, 1.54) is 18.1 Å². The van der Waals surface area contributed by atoms with Crippen LogP contribution >= 0.6 is 0 Å². The molecule has 1 aliphatic carbocycles. The minimum Gasteiger partial charge on any atom is -0.457 e. The molecule has 4 atom stereocenters. The quantitative estimate of drug-likeness (QED) is 0.501. The lowest BCUT2D eigenvalue weighted by atomic mass is 9.58. The van der Waals surface area contributed by atoms with Gasteiger partial charge in [-0.2, -0.15) is 0 Å². The number of carbonyl (C=O) groups is 1. The summed E-state index contributed by atoms with van der Waals surface area (Å²) in [6.07, 6.45) is 1.38. The molecule has 0 spiro atoms. The van der Waals surface area contributed by atoms with E-state index >= 15 is 0 Å². The van der Waals surface area contributed by atoms with E-state index in [0.29, 0.717) is 19.5 Å². The molecule has 1 heterocycles. The summed E-state index contributed by atoms with van der Waals surface area (Å²) < 4.78 is 6.39. The standard InChI is InChI=1S/C31H35NO3/c1-22-11-10-12-23(2)29(22)30(34)18-17-27(26-15-8-5-9-16-26)31(35-24(3)33)21-32(20-28(30)31)19-25-13-6-4-7-14-25/h4-16,27-28,34H,17-21H2,1-3H3. The number of carbonyl (C=O) groups excluding carboxylic acids is 1. The van der Waals surface area contributed by atoms with Crippen LogP contribution in [0.4, 0.5) is 0 Å². The van der Waals surface area contributed by atoms with Crippen LogP contribution in [-0.2, 0) is 21.7 Å². The van der Waals surface area contributed by atoms with Crippen LogP contribution in [0.1, 0.15) is 53.5 Å². The molecule has 182 valence electrons. The Kier molecular flexibility index (Phi) is 6.29. The molecule has 2 fully saturated rings. The SMILES string of the molecule is CC(=O)OC12CN(Cc3ccccc3)CC1C(O)(c1c(C)cccc1C)CCC2c1ccccc1. The Labute approximate surface area is 208 Å². The van der Waals surface area contributed by atoms with Crippen molar-refractivity contribution in [1.29, 1.82) is 0 Å². The molecule has 1 aliphatic heterocycles. The van der Waals surface area contributed by atoms with Gasteiger partial charge in [-0.3, -0.25) is 9.69 Å². The second kappa shape index (κ2) is 9.25. The van der Waals surface area contributed by atoms with E-state index in [-0.39, 0.29) is 17.8 Å². The van der Waals surface area contributed by atoms with Gasteiger partial charge in [-0.15, -0.1) is 0 Å². The summed E-state index contributed by atoms with van der Waals surface area (Å²) in [5.41, 5.74) is 3.66. The van der Waals surface area contributed by atoms with E-state index in [2.05, 4.69) is 79.4 Å². The summed E-state index contributed by atoms with van der Waals surface area (Å²) in [6.45, 7) is 7.67. The van der Waals surface area contributed by atoms with Gasteiger partial charge in [0.25, 0.3) is 0 Å². The van der Waals surface area contributed by atoms with Gasteiger partial charge in [0.2, 0.25) is 0 Å². The Morgan fingerprint density at radius 3 is 2.23 bits per heavy atom. The molecule has 2 aliphatic rings. The topological polar surface area (TPSA) is 49.8 Å². The van der Waals surface area contributed by atoms with Crippen molar-refractivity contribution in [2.75, 3.05) is 13.1 Å². The zero-order valence-corrected chi connectivity index (χ0v) is 20.9. The summed E-state index contributed by atoms with van der Waals surface area (Å²) in [5.74, 6) is -0.521. The Morgan fingerprint density at radius 2 is 1.60 bits per heavy atom. The van der Waals surface area contributed by atoms with Crippen molar-refractivity contribution in [2.24, 2.45) is 5.92 Å². The smallest absolute Gasteiger partial charge is 0.303 e. The molecule has 3 aromatic rings. The second-order valence-electron chi connectivity index (χ2n) is 10.4. The Bertz CT molecular complexity index is 1170. The van der Waals surface area contributed by atoms with Crippen LogP contribution < -0.4 is 0 Å². The van der Waals surface area contributed by atoms with Gasteiger partial charge in [0.05, 0.1) is 5.60 Å². The number of rotatable bonds is 5. The lowest BCUT2D eigenvalue weighted by Gasteiger charge is -2.52. The van der Waals surface area contributed by atoms with Crippen molar-refractivity contribution in [3.63, 3.8) is 0 Å². The summed E-state index contributed by atoms with van der Waals surface area (Å²) >= 11 is 0. The normalized spacial score (nSPS) is 28.5. The van der Waals surface area contributed by atoms with Crippen molar-refractivity contribution in [2.45, 2.75) is 57.3 Å². The first kappa shape index (κ1) is 23.8. The average Bonchev–Trinajstić information content (AvgIpc) is 3.19. The van der Waals surface area contributed by atoms with Crippen LogP contribution in [0.25, 0.3) is 0 Å². The fourth-order valence-corrected chi connectivity index (χ4v) is 6.96. The fourth-order valence-electron chi connectivity index (χ4n) is 6.96. The van der Waals surface area contributed by atoms with Crippen LogP contribution in [-0.4, -0.2) is 34.7 Å². The van der Waals surface area contributed by atoms with Gasteiger partial charge in [0, 0.05) is 38.4 Å². The number of ether oxygens (including phenoxy) is 1. The Balaban J connectivity index is 1.65. The number of nitrogens with zero attached hydrogens (tertiary/aromatic N) is 1. The van der Waals surface area contributed by atoms with Crippen molar-refractivity contribution in [3.8, 4) is 0 Å².